The normalized spacial score (nSPS) is 48.8. The van der Waals surface area contributed by atoms with Gasteiger partial charge >= 0.3 is 5.97 Å². The lowest BCUT2D eigenvalue weighted by atomic mass is 9.45. The summed E-state index contributed by atoms with van der Waals surface area (Å²) >= 11 is 3.92. The van der Waals surface area contributed by atoms with Gasteiger partial charge in [-0.2, -0.15) is 0 Å². The molecule has 0 spiro atoms. The van der Waals surface area contributed by atoms with Crippen LogP contribution >= 0.6 is 15.9 Å². The third-order valence-corrected chi connectivity index (χ3v) is 11.0. The van der Waals surface area contributed by atoms with Crippen LogP contribution in [-0.2, 0) is 19.1 Å². The minimum Gasteiger partial charge on any atom is -0.451 e. The largest absolute Gasteiger partial charge is 0.451 e. The average molecular weight is 469 g/mol. The number of halogens is 2. The molecule has 29 heavy (non-hydrogen) atoms. The Kier molecular flexibility index (Phi) is 4.74. The average Bonchev–Trinajstić information content (AvgIpc) is 2.90. The predicted octanol–water partition coefficient (Wildman–Crippen LogP) is 4.87. The van der Waals surface area contributed by atoms with E-state index in [1.54, 1.807) is 6.08 Å². The van der Waals surface area contributed by atoms with Crippen molar-refractivity contribution in [2.24, 2.45) is 22.7 Å². The van der Waals surface area contributed by atoms with Crippen molar-refractivity contribution in [3.05, 3.63) is 11.6 Å². The summed E-state index contributed by atoms with van der Waals surface area (Å²) < 4.78 is 21.2. The lowest BCUT2D eigenvalue weighted by Crippen LogP contribution is -2.68. The molecule has 0 aromatic rings. The molecule has 3 saturated carbocycles. The van der Waals surface area contributed by atoms with Gasteiger partial charge in [-0.1, -0.05) is 35.4 Å². The van der Waals surface area contributed by atoms with E-state index in [0.717, 1.165) is 24.8 Å². The van der Waals surface area contributed by atoms with Gasteiger partial charge in [-0.25, -0.2) is 4.39 Å². The van der Waals surface area contributed by atoms with Gasteiger partial charge in [-0.05, 0) is 63.4 Å². The highest BCUT2D eigenvalue weighted by Gasteiger charge is 2.74. The van der Waals surface area contributed by atoms with Crippen molar-refractivity contribution in [2.75, 3.05) is 0 Å². The van der Waals surface area contributed by atoms with Crippen molar-refractivity contribution in [2.45, 2.75) is 88.7 Å². The summed E-state index contributed by atoms with van der Waals surface area (Å²) in [6.07, 6.45) is 4.54. The smallest absolute Gasteiger partial charge is 0.303 e. The molecule has 0 aliphatic heterocycles. The van der Waals surface area contributed by atoms with E-state index in [9.17, 15) is 14.4 Å². The highest BCUT2D eigenvalue weighted by atomic mass is 79.9. The molecule has 0 N–H and O–H groups in total. The summed E-state index contributed by atoms with van der Waals surface area (Å²) in [6.45, 7) is 6.84. The van der Waals surface area contributed by atoms with E-state index in [-0.39, 0.29) is 29.8 Å². The van der Waals surface area contributed by atoms with Crippen molar-refractivity contribution < 1.29 is 23.5 Å². The Morgan fingerprint density at radius 1 is 1.14 bits per heavy atom. The zero-order valence-corrected chi connectivity index (χ0v) is 19.2. The van der Waals surface area contributed by atoms with Gasteiger partial charge in [0.05, 0.1) is 4.32 Å². The number of rotatable bonds is 2. The molecule has 7 atom stereocenters. The highest BCUT2D eigenvalue weighted by molar-refractivity contribution is 9.10. The maximum absolute atomic E-state index is 16.2. The number of fused-ring (bicyclic) bond motifs is 5. The number of esters is 1. The second-order valence-electron chi connectivity index (χ2n) is 10.1. The van der Waals surface area contributed by atoms with Gasteiger partial charge in [0.15, 0.2) is 17.2 Å². The molecule has 0 saturated heterocycles. The van der Waals surface area contributed by atoms with Gasteiger partial charge in [-0.15, -0.1) is 0 Å². The molecule has 0 amide bonds. The van der Waals surface area contributed by atoms with E-state index in [4.69, 9.17) is 4.74 Å². The summed E-state index contributed by atoms with van der Waals surface area (Å²) in [4.78, 5) is 36.7. The zero-order chi connectivity index (χ0) is 21.4. The number of Topliss-reactive ketones (excluding diaryl/α,β-unsaturated/α-hetero) is 1. The summed E-state index contributed by atoms with van der Waals surface area (Å²) in [5, 5.41) is 0. The first-order valence-corrected chi connectivity index (χ1v) is 11.5. The van der Waals surface area contributed by atoms with Crippen molar-refractivity contribution in [3.63, 3.8) is 0 Å². The quantitative estimate of drug-likeness (QED) is 0.428. The molecule has 6 heteroatoms. The van der Waals surface area contributed by atoms with E-state index < -0.39 is 32.9 Å². The van der Waals surface area contributed by atoms with Crippen LogP contribution in [0.15, 0.2) is 11.6 Å². The van der Waals surface area contributed by atoms with Crippen LogP contribution in [0, 0.1) is 22.7 Å². The van der Waals surface area contributed by atoms with E-state index in [2.05, 4.69) is 22.9 Å². The van der Waals surface area contributed by atoms with Crippen LogP contribution in [0.1, 0.15) is 72.6 Å². The summed E-state index contributed by atoms with van der Waals surface area (Å²) in [7, 11) is 0. The van der Waals surface area contributed by atoms with Crippen LogP contribution in [0.25, 0.3) is 0 Å². The number of hydrogen-bond donors (Lipinski definition) is 0. The Balaban J connectivity index is 1.81. The third-order valence-electron chi connectivity index (χ3n) is 9.01. The molecule has 0 heterocycles. The summed E-state index contributed by atoms with van der Waals surface area (Å²) in [6, 6.07) is 0. The standard InChI is InChI=1S/C23H30BrFO4/c1-13(26)22(29-14(2)27)10-8-17-18-6-5-15-11-16(28)7-9-20(15,3)23(18,24)19(25)12-21(17,22)4/h11,17-19H,5-10,12H2,1-4H3/t17-,18-,19-,20-,21-,22-,23-/m0/s1. The molecular weight excluding hydrogens is 439 g/mol. The maximum atomic E-state index is 16.2. The van der Waals surface area contributed by atoms with E-state index >= 15 is 4.39 Å². The van der Waals surface area contributed by atoms with E-state index in [1.807, 2.05) is 6.92 Å². The number of allylic oxidation sites excluding steroid dienone is 1. The SMILES string of the molecule is CC(=O)O[C@]1(C(C)=O)CC[C@H]2[C@@H]3CCC4=CC(=O)CC[C@]4(C)[C@@]3(Br)[C@@H](F)C[C@@]21C. The minimum atomic E-state index is -1.25. The molecule has 0 radical (unpaired) electrons. The van der Waals surface area contributed by atoms with Crippen LogP contribution in [-0.4, -0.2) is 33.6 Å². The molecule has 4 nitrogen and oxygen atoms in total. The van der Waals surface area contributed by atoms with Gasteiger partial charge in [-0.3, -0.25) is 14.4 Å². The van der Waals surface area contributed by atoms with E-state index in [0.29, 0.717) is 19.3 Å². The lowest BCUT2D eigenvalue weighted by Gasteiger charge is -2.64. The molecule has 0 aromatic heterocycles. The monoisotopic (exact) mass is 468 g/mol. The van der Waals surface area contributed by atoms with Crippen molar-refractivity contribution >= 4 is 33.5 Å². The fraction of sp³-hybridized carbons (Fsp3) is 0.783. The van der Waals surface area contributed by atoms with Gasteiger partial charge in [0.2, 0.25) is 0 Å². The molecule has 3 fully saturated rings. The second-order valence-corrected chi connectivity index (χ2v) is 11.4. The minimum absolute atomic E-state index is 0.0170. The van der Waals surface area contributed by atoms with E-state index in [1.165, 1.54) is 13.8 Å². The maximum Gasteiger partial charge on any atom is 0.303 e. The first kappa shape index (κ1) is 21.2. The fourth-order valence-corrected chi connectivity index (χ4v) is 8.72. The van der Waals surface area contributed by atoms with Gasteiger partial charge in [0.1, 0.15) is 6.17 Å². The lowest BCUT2D eigenvalue weighted by molar-refractivity contribution is -0.190. The topological polar surface area (TPSA) is 60.4 Å². The van der Waals surface area contributed by atoms with Crippen molar-refractivity contribution in [3.8, 4) is 0 Å². The molecule has 0 bridgehead atoms. The molecule has 0 aromatic carbocycles. The Bertz CT molecular complexity index is 824. The number of ether oxygens (including phenoxy) is 1. The van der Waals surface area contributed by atoms with Crippen LogP contribution in [0.4, 0.5) is 4.39 Å². The predicted molar refractivity (Wildman–Crippen MR) is 110 cm³/mol. The first-order valence-electron chi connectivity index (χ1n) is 10.7. The van der Waals surface area contributed by atoms with Gasteiger partial charge < -0.3 is 4.74 Å². The van der Waals surface area contributed by atoms with Gasteiger partial charge in [0, 0.05) is 24.2 Å². The molecular formula is C23H30BrFO4. The molecule has 160 valence electrons. The van der Waals surface area contributed by atoms with Crippen molar-refractivity contribution in [1.29, 1.82) is 0 Å². The zero-order valence-electron chi connectivity index (χ0n) is 17.6. The van der Waals surface area contributed by atoms with Crippen molar-refractivity contribution in [1.82, 2.24) is 0 Å². The Morgan fingerprint density at radius 3 is 2.45 bits per heavy atom. The Hall–Kier alpha value is -1.04. The first-order chi connectivity index (χ1) is 13.4. The number of hydrogen-bond acceptors (Lipinski definition) is 4. The number of carbonyl (C=O) groups is 3. The molecule has 4 aliphatic rings. The van der Waals surface area contributed by atoms with Gasteiger partial charge in [0.25, 0.3) is 0 Å². The molecule has 0 unspecified atom stereocenters. The van der Waals surface area contributed by atoms with Crippen LogP contribution in [0.5, 0.6) is 0 Å². The molecule has 4 aliphatic carbocycles. The third kappa shape index (κ3) is 2.50. The number of alkyl halides is 2. The van der Waals surface area contributed by atoms with Crippen LogP contribution in [0.2, 0.25) is 0 Å². The second kappa shape index (κ2) is 6.48. The summed E-state index contributed by atoms with van der Waals surface area (Å²) in [5.41, 5.74) is -1.34. The van der Waals surface area contributed by atoms with Crippen LogP contribution < -0.4 is 0 Å². The molecule has 4 rings (SSSR count). The summed E-state index contributed by atoms with van der Waals surface area (Å²) in [5.74, 6) is -0.441. The highest BCUT2D eigenvalue weighted by Crippen LogP contribution is 2.72. The number of ketones is 2. The number of carbonyl (C=O) groups excluding carboxylic acids is 3. The van der Waals surface area contributed by atoms with Crippen LogP contribution in [0.3, 0.4) is 0 Å². The Morgan fingerprint density at radius 2 is 1.83 bits per heavy atom. The fourth-order valence-electron chi connectivity index (χ4n) is 7.56. The Labute approximate surface area is 180 Å².